The first-order valence-electron chi connectivity index (χ1n) is 7.14. The van der Waals surface area contributed by atoms with Crippen molar-refractivity contribution < 1.29 is 23.8 Å². The fourth-order valence-corrected chi connectivity index (χ4v) is 1.60. The molecule has 130 valence electrons. The van der Waals surface area contributed by atoms with Gasteiger partial charge in [0, 0.05) is 13.7 Å². The number of methoxy groups -OCH3 is 2. The van der Waals surface area contributed by atoms with E-state index in [1.165, 1.54) is 20.4 Å². The van der Waals surface area contributed by atoms with Gasteiger partial charge in [0.2, 0.25) is 0 Å². The molecule has 0 saturated heterocycles. The molecule has 0 fully saturated rings. The molecule has 1 aromatic rings. The number of hydrogen-bond acceptors (Lipinski definition) is 6. The minimum Gasteiger partial charge on any atom is -0.493 e. The van der Waals surface area contributed by atoms with E-state index in [1.807, 2.05) is 0 Å². The van der Waals surface area contributed by atoms with Crippen molar-refractivity contribution in [1.29, 1.82) is 0 Å². The Bertz CT molecular complexity index is 601. The number of amides is 2. The molecule has 1 aromatic carbocycles. The smallest absolute Gasteiger partial charge is 0.329 e. The first-order valence-corrected chi connectivity index (χ1v) is 7.14. The minimum absolute atomic E-state index is 0.246. The Morgan fingerprint density at radius 2 is 2.04 bits per heavy atom. The molecule has 0 heterocycles. The molecular formula is C16H21N3O5. The highest BCUT2D eigenvalue weighted by Gasteiger charge is 2.11. The molecule has 8 nitrogen and oxygen atoms in total. The van der Waals surface area contributed by atoms with Crippen LogP contribution in [-0.4, -0.2) is 52.0 Å². The van der Waals surface area contributed by atoms with Gasteiger partial charge in [0.15, 0.2) is 11.5 Å². The number of carbonyl (C=O) groups is 2. The van der Waals surface area contributed by atoms with Crippen molar-refractivity contribution in [3.63, 3.8) is 0 Å². The van der Waals surface area contributed by atoms with Gasteiger partial charge in [-0.1, -0.05) is 12.7 Å². The second kappa shape index (κ2) is 10.8. The average molecular weight is 335 g/mol. The first-order chi connectivity index (χ1) is 11.6. The third-order valence-electron chi connectivity index (χ3n) is 2.72. The number of ether oxygens (including phenoxy) is 3. The maximum atomic E-state index is 11.5. The summed E-state index contributed by atoms with van der Waals surface area (Å²) < 4.78 is 15.4. The zero-order valence-electron chi connectivity index (χ0n) is 13.7. The Morgan fingerprint density at radius 3 is 2.71 bits per heavy atom. The van der Waals surface area contributed by atoms with E-state index < -0.39 is 11.8 Å². The number of carbonyl (C=O) groups excluding carboxylic acids is 2. The average Bonchev–Trinajstić information content (AvgIpc) is 2.60. The van der Waals surface area contributed by atoms with E-state index in [2.05, 4.69) is 22.4 Å². The van der Waals surface area contributed by atoms with Crippen LogP contribution in [0, 0.1) is 0 Å². The maximum Gasteiger partial charge on any atom is 0.329 e. The largest absolute Gasteiger partial charge is 0.493 e. The number of nitrogens with one attached hydrogen (secondary N) is 2. The lowest BCUT2D eigenvalue weighted by molar-refractivity contribution is -0.139. The van der Waals surface area contributed by atoms with Crippen molar-refractivity contribution in [1.82, 2.24) is 10.7 Å². The van der Waals surface area contributed by atoms with E-state index in [1.54, 1.807) is 24.3 Å². The second-order valence-electron chi connectivity index (χ2n) is 4.46. The van der Waals surface area contributed by atoms with E-state index in [9.17, 15) is 9.59 Å². The van der Waals surface area contributed by atoms with Gasteiger partial charge in [0.05, 0.1) is 19.9 Å². The Balaban J connectivity index is 2.59. The van der Waals surface area contributed by atoms with Crippen LogP contribution in [0.4, 0.5) is 0 Å². The fourth-order valence-electron chi connectivity index (χ4n) is 1.60. The van der Waals surface area contributed by atoms with Crippen LogP contribution in [0.3, 0.4) is 0 Å². The molecule has 2 N–H and O–H groups in total. The number of hydrazone groups is 1. The van der Waals surface area contributed by atoms with E-state index in [0.29, 0.717) is 30.3 Å². The number of rotatable bonds is 9. The zero-order valence-corrected chi connectivity index (χ0v) is 13.7. The molecule has 0 radical (unpaired) electrons. The molecule has 0 aliphatic heterocycles. The highest BCUT2D eigenvalue weighted by Crippen LogP contribution is 2.27. The monoisotopic (exact) mass is 335 g/mol. The van der Waals surface area contributed by atoms with E-state index >= 15 is 0 Å². The van der Waals surface area contributed by atoms with Crippen LogP contribution in [0.5, 0.6) is 11.5 Å². The van der Waals surface area contributed by atoms with Gasteiger partial charge in [-0.2, -0.15) is 5.10 Å². The van der Waals surface area contributed by atoms with Crippen molar-refractivity contribution in [2.24, 2.45) is 5.10 Å². The molecule has 24 heavy (non-hydrogen) atoms. The van der Waals surface area contributed by atoms with Crippen molar-refractivity contribution in [3.8, 4) is 11.5 Å². The fraction of sp³-hybridized carbons (Fsp3) is 0.312. The summed E-state index contributed by atoms with van der Waals surface area (Å²) >= 11 is 0. The van der Waals surface area contributed by atoms with Gasteiger partial charge in [-0.3, -0.25) is 9.59 Å². The van der Waals surface area contributed by atoms with Gasteiger partial charge in [-0.15, -0.1) is 0 Å². The standard InChI is InChI=1S/C16H21N3O5/c1-4-8-24-13-6-5-12(10-14(13)23-3)11-18-19-16(21)15(20)17-7-9-22-2/h4-6,10-11H,1,7-9H2,2-3H3,(H,17,20)(H,19,21)/b18-11+. The SMILES string of the molecule is C=CCOc1ccc(/C=N/NC(=O)C(=O)NCCOC)cc1OC. The van der Waals surface area contributed by atoms with Gasteiger partial charge >= 0.3 is 11.8 Å². The Kier molecular flexibility index (Phi) is 8.62. The third-order valence-corrected chi connectivity index (χ3v) is 2.72. The Labute approximate surface area is 140 Å². The third kappa shape index (κ3) is 6.49. The molecule has 0 bridgehead atoms. The maximum absolute atomic E-state index is 11.5. The van der Waals surface area contributed by atoms with Crippen molar-refractivity contribution in [2.45, 2.75) is 0 Å². The summed E-state index contributed by atoms with van der Waals surface area (Å²) in [4.78, 5) is 22.9. The quantitative estimate of drug-likeness (QED) is 0.225. The van der Waals surface area contributed by atoms with Crippen molar-refractivity contribution in [3.05, 3.63) is 36.4 Å². The molecule has 0 aliphatic carbocycles. The van der Waals surface area contributed by atoms with Gasteiger partial charge in [0.1, 0.15) is 6.61 Å². The summed E-state index contributed by atoms with van der Waals surface area (Å²) in [6.07, 6.45) is 3.02. The molecule has 0 atom stereocenters. The topological polar surface area (TPSA) is 98.2 Å². The highest BCUT2D eigenvalue weighted by molar-refractivity contribution is 6.35. The van der Waals surface area contributed by atoms with Crippen LogP contribution in [0.2, 0.25) is 0 Å². The van der Waals surface area contributed by atoms with Crippen LogP contribution < -0.4 is 20.2 Å². The second-order valence-corrected chi connectivity index (χ2v) is 4.46. The summed E-state index contributed by atoms with van der Waals surface area (Å²) in [7, 11) is 3.02. The molecule has 0 unspecified atom stereocenters. The number of hydrogen-bond donors (Lipinski definition) is 2. The lowest BCUT2D eigenvalue weighted by Crippen LogP contribution is -2.39. The Hall–Kier alpha value is -2.87. The van der Waals surface area contributed by atoms with Crippen molar-refractivity contribution in [2.75, 3.05) is 34.0 Å². The van der Waals surface area contributed by atoms with Gasteiger partial charge in [-0.25, -0.2) is 5.43 Å². The predicted octanol–water partition coefficient (Wildman–Crippen LogP) is 0.473. The lowest BCUT2D eigenvalue weighted by Gasteiger charge is -2.09. The van der Waals surface area contributed by atoms with Crippen LogP contribution in [-0.2, 0) is 14.3 Å². The number of nitrogens with zero attached hydrogens (tertiary/aromatic N) is 1. The lowest BCUT2D eigenvalue weighted by atomic mass is 10.2. The normalized spacial score (nSPS) is 10.2. The van der Waals surface area contributed by atoms with E-state index in [0.717, 1.165) is 0 Å². The molecule has 0 spiro atoms. The van der Waals surface area contributed by atoms with Gasteiger partial charge in [-0.05, 0) is 23.8 Å². The summed E-state index contributed by atoms with van der Waals surface area (Å²) in [5.74, 6) is -0.559. The first kappa shape index (κ1) is 19.2. The Morgan fingerprint density at radius 1 is 1.25 bits per heavy atom. The molecule has 1 rings (SSSR count). The van der Waals surface area contributed by atoms with Crippen molar-refractivity contribution >= 4 is 18.0 Å². The summed E-state index contributed by atoms with van der Waals surface area (Å²) in [6, 6.07) is 5.13. The van der Waals surface area contributed by atoms with Crippen LogP contribution in [0.25, 0.3) is 0 Å². The summed E-state index contributed by atoms with van der Waals surface area (Å²) in [6.45, 7) is 4.50. The van der Waals surface area contributed by atoms with Crippen LogP contribution >= 0.6 is 0 Å². The van der Waals surface area contributed by atoms with Crippen LogP contribution in [0.1, 0.15) is 5.56 Å². The molecule has 8 heteroatoms. The minimum atomic E-state index is -0.861. The summed E-state index contributed by atoms with van der Waals surface area (Å²) in [5, 5.41) is 6.11. The summed E-state index contributed by atoms with van der Waals surface area (Å²) in [5.41, 5.74) is 2.80. The molecule has 0 saturated carbocycles. The van der Waals surface area contributed by atoms with Crippen LogP contribution in [0.15, 0.2) is 36.0 Å². The molecular weight excluding hydrogens is 314 g/mol. The number of benzene rings is 1. The van der Waals surface area contributed by atoms with Gasteiger partial charge < -0.3 is 19.5 Å². The molecule has 2 amide bonds. The predicted molar refractivity (Wildman–Crippen MR) is 89.3 cm³/mol. The molecule has 0 aliphatic rings. The zero-order chi connectivity index (χ0) is 17.8. The molecule has 0 aromatic heterocycles. The highest BCUT2D eigenvalue weighted by atomic mass is 16.5. The van der Waals surface area contributed by atoms with E-state index in [4.69, 9.17) is 14.2 Å². The van der Waals surface area contributed by atoms with E-state index in [-0.39, 0.29) is 6.54 Å². The van der Waals surface area contributed by atoms with Gasteiger partial charge in [0.25, 0.3) is 0 Å².